The van der Waals surface area contributed by atoms with Crippen LogP contribution in [0.4, 0.5) is 0 Å². The van der Waals surface area contributed by atoms with Gasteiger partial charge in [0.05, 0.1) is 6.20 Å². The first kappa shape index (κ1) is 16.4. The molecule has 0 radical (unpaired) electrons. The fourth-order valence-electron chi connectivity index (χ4n) is 2.61. The van der Waals surface area contributed by atoms with E-state index in [9.17, 15) is 5.11 Å². The zero-order chi connectivity index (χ0) is 18.3. The normalized spacial score (nSPS) is 11.0. The highest BCUT2D eigenvalue weighted by molar-refractivity contribution is 6.30. The van der Waals surface area contributed by atoms with E-state index in [1.807, 2.05) is 26.0 Å². The number of phenols is 1. The minimum absolute atomic E-state index is 0.139. The number of hydrogen-bond donors (Lipinski definition) is 1. The molecule has 0 spiro atoms. The van der Waals surface area contributed by atoms with Gasteiger partial charge in [0, 0.05) is 10.6 Å². The van der Waals surface area contributed by atoms with Crippen LogP contribution in [0.3, 0.4) is 0 Å². The Morgan fingerprint density at radius 3 is 2.58 bits per heavy atom. The van der Waals surface area contributed by atoms with Crippen molar-refractivity contribution in [3.8, 4) is 29.0 Å². The Labute approximate surface area is 154 Å². The van der Waals surface area contributed by atoms with E-state index in [0.717, 1.165) is 16.7 Å². The average molecular weight is 368 g/mol. The lowest BCUT2D eigenvalue weighted by molar-refractivity contribution is 0.440. The third-order valence-corrected chi connectivity index (χ3v) is 4.11. The van der Waals surface area contributed by atoms with Gasteiger partial charge >= 0.3 is 6.01 Å². The molecule has 0 bridgehead atoms. The van der Waals surface area contributed by atoms with Gasteiger partial charge in [-0.25, -0.2) is 9.97 Å². The Hall–Kier alpha value is -3.12. The molecule has 0 aliphatic rings. The molecule has 0 saturated carbocycles. The van der Waals surface area contributed by atoms with Crippen LogP contribution in [0.5, 0.6) is 17.5 Å². The van der Waals surface area contributed by atoms with Crippen molar-refractivity contribution in [1.29, 1.82) is 0 Å². The molecule has 0 atom stereocenters. The van der Waals surface area contributed by atoms with Crippen molar-refractivity contribution < 1.29 is 14.3 Å². The lowest BCUT2D eigenvalue weighted by atomic mass is 10.1. The summed E-state index contributed by atoms with van der Waals surface area (Å²) >= 11 is 5.95. The lowest BCUT2D eigenvalue weighted by Crippen LogP contribution is -1.91. The molecule has 7 heteroatoms. The molecule has 130 valence electrons. The fraction of sp³-hybridized carbons (Fsp3) is 0.105. The van der Waals surface area contributed by atoms with Gasteiger partial charge < -0.3 is 14.3 Å². The SMILES string of the molecule is Cc1cc(-c2nc3cnc(Oc4cccc(Cl)c4)nc3o2)cc(C)c1O. The first-order valence-corrected chi connectivity index (χ1v) is 8.25. The van der Waals surface area contributed by atoms with E-state index >= 15 is 0 Å². The van der Waals surface area contributed by atoms with Crippen LogP contribution in [0.2, 0.25) is 5.02 Å². The number of aromatic hydroxyl groups is 1. The van der Waals surface area contributed by atoms with Gasteiger partial charge in [0.15, 0.2) is 0 Å². The number of oxazole rings is 1. The minimum atomic E-state index is 0.139. The van der Waals surface area contributed by atoms with Gasteiger partial charge in [-0.2, -0.15) is 4.98 Å². The summed E-state index contributed by atoms with van der Waals surface area (Å²) in [4.78, 5) is 12.8. The van der Waals surface area contributed by atoms with Crippen LogP contribution >= 0.6 is 11.6 Å². The predicted molar refractivity (Wildman–Crippen MR) is 97.7 cm³/mol. The molecule has 0 saturated heterocycles. The number of fused-ring (bicyclic) bond motifs is 1. The van der Waals surface area contributed by atoms with Crippen molar-refractivity contribution in [3.05, 3.63) is 58.7 Å². The molecule has 2 aromatic carbocycles. The highest BCUT2D eigenvalue weighted by atomic mass is 35.5. The number of phenolic OH excluding ortho intramolecular Hbond substituents is 1. The Kier molecular flexibility index (Phi) is 3.97. The summed E-state index contributed by atoms with van der Waals surface area (Å²) in [7, 11) is 0. The van der Waals surface area contributed by atoms with E-state index in [4.69, 9.17) is 20.8 Å². The van der Waals surface area contributed by atoms with Gasteiger partial charge in [0.2, 0.25) is 5.89 Å². The van der Waals surface area contributed by atoms with Crippen LogP contribution in [0, 0.1) is 13.8 Å². The van der Waals surface area contributed by atoms with Crippen molar-refractivity contribution in [2.45, 2.75) is 13.8 Å². The van der Waals surface area contributed by atoms with Crippen LogP contribution in [-0.2, 0) is 0 Å². The summed E-state index contributed by atoms with van der Waals surface area (Å²) in [6, 6.07) is 10.7. The Bertz CT molecular complexity index is 1100. The second-order valence-corrected chi connectivity index (χ2v) is 6.32. The highest BCUT2D eigenvalue weighted by Crippen LogP contribution is 2.30. The number of aromatic nitrogens is 3. The van der Waals surface area contributed by atoms with Crippen LogP contribution in [0.15, 0.2) is 47.0 Å². The molecular formula is C19H14ClN3O3. The van der Waals surface area contributed by atoms with Crippen molar-refractivity contribution >= 4 is 22.8 Å². The molecule has 0 aliphatic carbocycles. The first-order valence-electron chi connectivity index (χ1n) is 7.87. The molecule has 1 N–H and O–H groups in total. The average Bonchev–Trinajstić information content (AvgIpc) is 3.02. The van der Waals surface area contributed by atoms with Gasteiger partial charge in [-0.1, -0.05) is 17.7 Å². The van der Waals surface area contributed by atoms with E-state index in [-0.39, 0.29) is 11.8 Å². The molecule has 0 aliphatic heterocycles. The van der Waals surface area contributed by atoms with Gasteiger partial charge in [0.1, 0.15) is 17.0 Å². The van der Waals surface area contributed by atoms with Crippen molar-refractivity contribution in [2.24, 2.45) is 0 Å². The molecule has 0 unspecified atom stereocenters. The Morgan fingerprint density at radius 1 is 1.08 bits per heavy atom. The topological polar surface area (TPSA) is 81.3 Å². The number of rotatable bonds is 3. The summed E-state index contributed by atoms with van der Waals surface area (Å²) < 4.78 is 11.4. The maximum absolute atomic E-state index is 9.91. The molecule has 4 rings (SSSR count). The number of halogens is 1. The van der Waals surface area contributed by atoms with Crippen molar-refractivity contribution in [2.75, 3.05) is 0 Å². The molecule has 0 amide bonds. The van der Waals surface area contributed by atoms with E-state index < -0.39 is 0 Å². The zero-order valence-electron chi connectivity index (χ0n) is 14.0. The molecule has 2 heterocycles. The maximum Gasteiger partial charge on any atom is 0.325 e. The Balaban J connectivity index is 1.70. The van der Waals surface area contributed by atoms with Crippen LogP contribution in [0.25, 0.3) is 22.7 Å². The van der Waals surface area contributed by atoms with Gasteiger partial charge in [-0.05, 0) is 55.3 Å². The number of ether oxygens (including phenoxy) is 1. The summed E-state index contributed by atoms with van der Waals surface area (Å²) in [6.07, 6.45) is 1.54. The van der Waals surface area contributed by atoms with E-state index in [0.29, 0.717) is 27.9 Å². The molecule has 26 heavy (non-hydrogen) atoms. The standard InChI is InChI=1S/C19H14ClN3O3/c1-10-6-12(7-11(2)16(10)24)17-22-15-9-21-19(23-18(15)26-17)25-14-5-3-4-13(20)8-14/h3-9,24H,1-2H3. The van der Waals surface area contributed by atoms with Crippen LogP contribution in [0.1, 0.15) is 11.1 Å². The van der Waals surface area contributed by atoms with E-state index in [1.54, 1.807) is 24.3 Å². The van der Waals surface area contributed by atoms with Gasteiger partial charge in [-0.3, -0.25) is 0 Å². The quantitative estimate of drug-likeness (QED) is 0.545. The van der Waals surface area contributed by atoms with E-state index in [1.165, 1.54) is 6.20 Å². The van der Waals surface area contributed by atoms with Gasteiger partial charge in [0.25, 0.3) is 5.71 Å². The third kappa shape index (κ3) is 3.07. The molecular weight excluding hydrogens is 354 g/mol. The second-order valence-electron chi connectivity index (χ2n) is 5.88. The largest absolute Gasteiger partial charge is 0.507 e. The van der Waals surface area contributed by atoms with Gasteiger partial charge in [-0.15, -0.1) is 0 Å². The highest BCUT2D eigenvalue weighted by Gasteiger charge is 2.14. The number of benzene rings is 2. The Morgan fingerprint density at radius 2 is 1.85 bits per heavy atom. The second kappa shape index (κ2) is 6.31. The van der Waals surface area contributed by atoms with Crippen molar-refractivity contribution in [3.63, 3.8) is 0 Å². The van der Waals surface area contributed by atoms with Crippen LogP contribution < -0.4 is 4.74 Å². The number of nitrogens with zero attached hydrogens (tertiary/aromatic N) is 3. The molecule has 6 nitrogen and oxygen atoms in total. The minimum Gasteiger partial charge on any atom is -0.507 e. The number of hydrogen-bond acceptors (Lipinski definition) is 6. The number of aryl methyl sites for hydroxylation is 2. The molecule has 2 aromatic heterocycles. The van der Waals surface area contributed by atoms with E-state index in [2.05, 4.69) is 15.0 Å². The zero-order valence-corrected chi connectivity index (χ0v) is 14.8. The smallest absolute Gasteiger partial charge is 0.325 e. The lowest BCUT2D eigenvalue weighted by Gasteiger charge is -2.04. The maximum atomic E-state index is 9.91. The first-order chi connectivity index (χ1) is 12.5. The summed E-state index contributed by atoms with van der Waals surface area (Å²) in [5, 5.41) is 10.5. The third-order valence-electron chi connectivity index (χ3n) is 3.87. The summed E-state index contributed by atoms with van der Waals surface area (Å²) in [5.74, 6) is 1.20. The molecule has 0 fully saturated rings. The fourth-order valence-corrected chi connectivity index (χ4v) is 2.79. The summed E-state index contributed by atoms with van der Waals surface area (Å²) in [5.41, 5.74) is 3.09. The summed E-state index contributed by atoms with van der Waals surface area (Å²) in [6.45, 7) is 3.65. The van der Waals surface area contributed by atoms with Crippen LogP contribution in [-0.4, -0.2) is 20.1 Å². The predicted octanol–water partition coefficient (Wildman–Crippen LogP) is 5.05. The van der Waals surface area contributed by atoms with Crippen molar-refractivity contribution in [1.82, 2.24) is 15.0 Å². The molecule has 4 aromatic rings. The monoisotopic (exact) mass is 367 g/mol.